The molecule has 0 radical (unpaired) electrons. The maximum atomic E-state index is 14.8. The van der Waals surface area contributed by atoms with E-state index < -0.39 is 28.0 Å². The highest BCUT2D eigenvalue weighted by Crippen LogP contribution is 2.41. The van der Waals surface area contributed by atoms with Gasteiger partial charge >= 0.3 is 6.09 Å². The summed E-state index contributed by atoms with van der Waals surface area (Å²) >= 11 is 0. The SMILES string of the molecule is CCOc1cc(C(Nc2ccc3c(N)nccc3c2)C(=O)N2CCCC2c2cc(NC(=O)OC)ccc2S(=O)(=O)CC)ccc1OC(C)C. The summed E-state index contributed by atoms with van der Waals surface area (Å²) in [5.41, 5.74) is 8.20. The van der Waals surface area contributed by atoms with Crippen LogP contribution in [0.5, 0.6) is 11.5 Å². The van der Waals surface area contributed by atoms with Gasteiger partial charge in [-0.25, -0.2) is 18.2 Å². The maximum absolute atomic E-state index is 14.8. The van der Waals surface area contributed by atoms with Crippen molar-refractivity contribution in [2.45, 2.75) is 63.6 Å². The average molecular weight is 690 g/mol. The molecule has 0 aliphatic carbocycles. The molecule has 2 heterocycles. The molecule has 1 aromatic heterocycles. The Bertz CT molecular complexity index is 1950. The lowest BCUT2D eigenvalue weighted by Crippen LogP contribution is -2.38. The van der Waals surface area contributed by atoms with Crippen molar-refractivity contribution in [2.24, 2.45) is 0 Å². The number of carbonyl (C=O) groups excluding carboxylic acids is 2. The second kappa shape index (κ2) is 15.0. The summed E-state index contributed by atoms with van der Waals surface area (Å²) in [7, 11) is -2.44. The summed E-state index contributed by atoms with van der Waals surface area (Å²) in [5.74, 6) is 1.08. The van der Waals surface area contributed by atoms with Crippen molar-refractivity contribution in [2.75, 3.05) is 42.4 Å². The summed E-state index contributed by atoms with van der Waals surface area (Å²) in [6.45, 7) is 8.10. The molecule has 2 amide bonds. The number of amides is 2. The first kappa shape index (κ1) is 35.3. The van der Waals surface area contributed by atoms with Crippen LogP contribution in [0.1, 0.15) is 63.7 Å². The molecule has 49 heavy (non-hydrogen) atoms. The number of ether oxygens (including phenoxy) is 3. The van der Waals surface area contributed by atoms with Crippen molar-refractivity contribution < 1.29 is 32.2 Å². The summed E-state index contributed by atoms with van der Waals surface area (Å²) < 4.78 is 43.3. The van der Waals surface area contributed by atoms with Crippen LogP contribution in [0.15, 0.2) is 71.8 Å². The Balaban J connectivity index is 1.60. The number of nitrogen functional groups attached to an aromatic ring is 1. The quantitative estimate of drug-likeness (QED) is 0.150. The average Bonchev–Trinajstić information content (AvgIpc) is 3.58. The second-order valence-corrected chi connectivity index (χ2v) is 14.2. The van der Waals surface area contributed by atoms with Gasteiger partial charge in [0.15, 0.2) is 21.3 Å². The van der Waals surface area contributed by atoms with Gasteiger partial charge in [0, 0.05) is 29.5 Å². The van der Waals surface area contributed by atoms with Gasteiger partial charge in [0.2, 0.25) is 5.91 Å². The predicted octanol–water partition coefficient (Wildman–Crippen LogP) is 6.49. The molecule has 0 bridgehead atoms. The highest BCUT2D eigenvalue weighted by molar-refractivity contribution is 7.91. The van der Waals surface area contributed by atoms with Gasteiger partial charge in [-0.2, -0.15) is 0 Å². The fourth-order valence-electron chi connectivity index (χ4n) is 6.08. The minimum absolute atomic E-state index is 0.0940. The summed E-state index contributed by atoms with van der Waals surface area (Å²) in [5, 5.41) is 7.70. The van der Waals surface area contributed by atoms with Crippen LogP contribution in [0.2, 0.25) is 0 Å². The van der Waals surface area contributed by atoms with Crippen LogP contribution < -0.4 is 25.8 Å². The molecule has 2 atom stereocenters. The number of benzene rings is 3. The molecular weight excluding hydrogens is 646 g/mol. The number of nitrogens with one attached hydrogen (secondary N) is 2. The number of aromatic nitrogens is 1. The number of likely N-dealkylation sites (tertiary alicyclic amines) is 1. The monoisotopic (exact) mass is 689 g/mol. The van der Waals surface area contributed by atoms with Crippen LogP contribution in [0.4, 0.5) is 22.0 Å². The van der Waals surface area contributed by atoms with Crippen LogP contribution in [0.3, 0.4) is 0 Å². The van der Waals surface area contributed by atoms with Crippen LogP contribution in [0, 0.1) is 0 Å². The van der Waals surface area contributed by atoms with E-state index in [0.29, 0.717) is 65.8 Å². The second-order valence-electron chi connectivity index (χ2n) is 12.0. The number of methoxy groups -OCH3 is 1. The molecule has 0 saturated carbocycles. The van der Waals surface area contributed by atoms with Crippen LogP contribution in [0.25, 0.3) is 10.8 Å². The molecule has 260 valence electrons. The first-order chi connectivity index (χ1) is 23.4. The number of carbonyl (C=O) groups is 2. The zero-order chi connectivity index (χ0) is 35.3. The van der Waals surface area contributed by atoms with E-state index in [9.17, 15) is 18.0 Å². The molecular formula is C36H43N5O7S. The maximum Gasteiger partial charge on any atom is 0.411 e. The number of fused-ring (bicyclic) bond motifs is 1. The fourth-order valence-corrected chi connectivity index (χ4v) is 7.22. The van der Waals surface area contributed by atoms with E-state index in [0.717, 1.165) is 10.8 Å². The van der Waals surface area contributed by atoms with Crippen molar-refractivity contribution in [3.05, 3.63) is 78.0 Å². The minimum Gasteiger partial charge on any atom is -0.490 e. The van der Waals surface area contributed by atoms with Crippen molar-refractivity contribution in [1.29, 1.82) is 0 Å². The molecule has 0 spiro atoms. The number of pyridine rings is 1. The first-order valence-corrected chi connectivity index (χ1v) is 18.0. The molecule has 4 N–H and O–H groups in total. The molecule has 4 aromatic rings. The molecule has 5 rings (SSSR count). The third kappa shape index (κ3) is 7.83. The van der Waals surface area contributed by atoms with Gasteiger partial charge in [-0.15, -0.1) is 0 Å². The number of hydrogen-bond acceptors (Lipinski definition) is 10. The van der Waals surface area contributed by atoms with E-state index in [1.807, 2.05) is 51.1 Å². The van der Waals surface area contributed by atoms with Gasteiger partial charge in [-0.1, -0.05) is 13.0 Å². The molecule has 1 aliphatic rings. The lowest BCUT2D eigenvalue weighted by atomic mass is 10.00. The first-order valence-electron chi connectivity index (χ1n) is 16.3. The van der Waals surface area contributed by atoms with Gasteiger partial charge in [0.1, 0.15) is 11.9 Å². The zero-order valence-electron chi connectivity index (χ0n) is 28.4. The number of nitrogens with zero attached hydrogens (tertiary/aromatic N) is 2. The fraction of sp³-hybridized carbons (Fsp3) is 0.361. The largest absolute Gasteiger partial charge is 0.490 e. The Morgan fingerprint density at radius 3 is 2.51 bits per heavy atom. The number of sulfone groups is 1. The van der Waals surface area contributed by atoms with Crippen LogP contribution in [-0.4, -0.2) is 62.4 Å². The van der Waals surface area contributed by atoms with Crippen LogP contribution in [-0.2, 0) is 19.4 Å². The van der Waals surface area contributed by atoms with E-state index in [1.54, 1.807) is 36.2 Å². The molecule has 12 nitrogen and oxygen atoms in total. The van der Waals surface area contributed by atoms with Crippen molar-refractivity contribution in [1.82, 2.24) is 9.88 Å². The van der Waals surface area contributed by atoms with E-state index in [-0.39, 0.29) is 22.7 Å². The number of nitrogens with two attached hydrogens (primary N) is 1. The third-order valence-corrected chi connectivity index (χ3v) is 10.2. The Labute approximate surface area is 286 Å². The van der Waals surface area contributed by atoms with E-state index in [4.69, 9.17) is 19.9 Å². The lowest BCUT2D eigenvalue weighted by Gasteiger charge is -2.31. The Morgan fingerprint density at radius 1 is 1.02 bits per heavy atom. The normalized spacial score (nSPS) is 15.2. The van der Waals surface area contributed by atoms with Crippen molar-refractivity contribution in [3.8, 4) is 11.5 Å². The molecule has 2 unspecified atom stereocenters. The van der Waals surface area contributed by atoms with E-state index in [1.165, 1.54) is 19.2 Å². The number of rotatable bonds is 12. The highest BCUT2D eigenvalue weighted by atomic mass is 32.2. The lowest BCUT2D eigenvalue weighted by molar-refractivity contribution is -0.133. The van der Waals surface area contributed by atoms with Gasteiger partial charge in [-0.3, -0.25) is 10.1 Å². The molecule has 1 aliphatic heterocycles. The number of anilines is 3. The van der Waals surface area contributed by atoms with Crippen molar-refractivity contribution >= 4 is 49.8 Å². The Kier molecular flexibility index (Phi) is 10.8. The standard InChI is InChI=1S/C36H43N5O7S/c1-6-47-31-20-24(10-14-30(31)48-22(3)4)33(39-25-11-13-27-23(19-25)16-17-38-34(27)37)35(42)41-18-8-9-29(41)28-21-26(40-36(43)46-5)12-15-32(28)49(44,45)7-2/h10-17,19-22,29,33,39H,6-9,18H2,1-5H3,(H2,37,38)(H,40,43). The summed E-state index contributed by atoms with van der Waals surface area (Å²) in [4.78, 5) is 32.9. The molecule has 13 heteroatoms. The molecule has 3 aromatic carbocycles. The van der Waals surface area contributed by atoms with Gasteiger partial charge in [0.05, 0.1) is 36.5 Å². The topological polar surface area (TPSA) is 162 Å². The van der Waals surface area contributed by atoms with E-state index >= 15 is 0 Å². The Hall–Kier alpha value is -5.04. The van der Waals surface area contributed by atoms with Gasteiger partial charge in [-0.05, 0) is 105 Å². The smallest absolute Gasteiger partial charge is 0.411 e. The van der Waals surface area contributed by atoms with Gasteiger partial charge in [0.25, 0.3) is 0 Å². The van der Waals surface area contributed by atoms with Gasteiger partial charge < -0.3 is 30.2 Å². The number of hydrogen-bond donors (Lipinski definition) is 3. The van der Waals surface area contributed by atoms with Crippen LogP contribution >= 0.6 is 0 Å². The predicted molar refractivity (Wildman–Crippen MR) is 190 cm³/mol. The van der Waals surface area contributed by atoms with Crippen molar-refractivity contribution in [3.63, 3.8) is 0 Å². The van der Waals surface area contributed by atoms with E-state index in [2.05, 4.69) is 15.6 Å². The highest BCUT2D eigenvalue weighted by Gasteiger charge is 2.38. The summed E-state index contributed by atoms with van der Waals surface area (Å²) in [6.07, 6.45) is 2.02. The Morgan fingerprint density at radius 2 is 1.80 bits per heavy atom. The minimum atomic E-state index is -3.68. The third-order valence-electron chi connectivity index (χ3n) is 8.37. The zero-order valence-corrected chi connectivity index (χ0v) is 29.2. The summed E-state index contributed by atoms with van der Waals surface area (Å²) in [6, 6.07) is 16.0. The molecule has 1 fully saturated rings. The molecule has 1 saturated heterocycles.